The van der Waals surface area contributed by atoms with E-state index in [1.807, 2.05) is 4.90 Å². The summed E-state index contributed by atoms with van der Waals surface area (Å²) in [5.41, 5.74) is 0. The standard InChI is InChI=1S/C19H26N2O2/c22-14-15-9-11-21(12-10-15)18(23)13-20-19(16-5-1-2-6-16)17-7-3-4-8-17/h1-8,15-17,19-20,22H,9-14H2. The average molecular weight is 314 g/mol. The van der Waals surface area contributed by atoms with Gasteiger partial charge in [0.2, 0.25) is 5.91 Å². The first-order valence-electron chi connectivity index (χ1n) is 8.60. The third kappa shape index (κ3) is 4.01. The minimum absolute atomic E-state index is 0.170. The molecular weight excluding hydrogens is 288 g/mol. The highest BCUT2D eigenvalue weighted by molar-refractivity contribution is 5.78. The molecule has 0 bridgehead atoms. The second-order valence-corrected chi connectivity index (χ2v) is 6.61. The number of allylic oxidation sites excluding steroid dienone is 4. The van der Waals surface area contributed by atoms with E-state index in [2.05, 4.69) is 53.9 Å². The van der Waals surface area contributed by atoms with Crippen LogP contribution >= 0.6 is 0 Å². The van der Waals surface area contributed by atoms with Crippen molar-refractivity contribution in [2.75, 3.05) is 26.2 Å². The van der Waals surface area contributed by atoms with E-state index in [4.69, 9.17) is 0 Å². The van der Waals surface area contributed by atoms with Crippen molar-refractivity contribution in [2.45, 2.75) is 18.9 Å². The largest absolute Gasteiger partial charge is 0.396 e. The molecule has 1 heterocycles. The number of aliphatic hydroxyl groups excluding tert-OH is 1. The Bertz CT molecular complexity index is 475. The summed E-state index contributed by atoms with van der Waals surface area (Å²) in [6, 6.07) is 0.221. The van der Waals surface area contributed by atoms with Crippen molar-refractivity contribution in [3.63, 3.8) is 0 Å². The number of piperidine rings is 1. The van der Waals surface area contributed by atoms with Gasteiger partial charge in [-0.15, -0.1) is 0 Å². The quantitative estimate of drug-likeness (QED) is 0.784. The molecule has 0 aromatic heterocycles. The molecule has 1 saturated heterocycles. The number of hydrogen-bond donors (Lipinski definition) is 2. The molecule has 0 atom stereocenters. The molecule has 0 saturated carbocycles. The fraction of sp³-hybridized carbons (Fsp3) is 0.526. The van der Waals surface area contributed by atoms with Gasteiger partial charge in [0.15, 0.2) is 0 Å². The molecule has 3 aliphatic rings. The molecule has 23 heavy (non-hydrogen) atoms. The summed E-state index contributed by atoms with van der Waals surface area (Å²) in [5, 5.41) is 12.7. The maximum Gasteiger partial charge on any atom is 0.236 e. The Labute approximate surface area is 138 Å². The van der Waals surface area contributed by atoms with Crippen molar-refractivity contribution in [3.05, 3.63) is 48.6 Å². The van der Waals surface area contributed by atoms with Crippen molar-refractivity contribution in [3.8, 4) is 0 Å². The molecule has 0 aromatic rings. The zero-order valence-corrected chi connectivity index (χ0v) is 13.5. The van der Waals surface area contributed by atoms with Crippen LogP contribution in [0.4, 0.5) is 0 Å². The smallest absolute Gasteiger partial charge is 0.236 e. The number of carbonyl (C=O) groups is 1. The van der Waals surface area contributed by atoms with E-state index in [0.717, 1.165) is 25.9 Å². The predicted octanol–water partition coefficient (Wildman–Crippen LogP) is 1.66. The van der Waals surface area contributed by atoms with Gasteiger partial charge in [-0.25, -0.2) is 0 Å². The van der Waals surface area contributed by atoms with E-state index in [1.54, 1.807) is 0 Å². The average Bonchev–Trinajstić information content (AvgIpc) is 3.29. The van der Waals surface area contributed by atoms with Gasteiger partial charge in [0, 0.05) is 37.6 Å². The normalized spacial score (nSPS) is 22.1. The Morgan fingerprint density at radius 2 is 1.57 bits per heavy atom. The van der Waals surface area contributed by atoms with Crippen LogP contribution in [0.3, 0.4) is 0 Å². The lowest BCUT2D eigenvalue weighted by Crippen LogP contribution is -2.48. The third-order valence-corrected chi connectivity index (χ3v) is 5.10. The van der Waals surface area contributed by atoms with Gasteiger partial charge in [-0.3, -0.25) is 4.79 Å². The maximum absolute atomic E-state index is 12.5. The van der Waals surface area contributed by atoms with Crippen LogP contribution in [0.25, 0.3) is 0 Å². The van der Waals surface area contributed by atoms with Crippen LogP contribution in [-0.2, 0) is 4.79 Å². The first-order valence-corrected chi connectivity index (χ1v) is 8.60. The van der Waals surface area contributed by atoms with Crippen LogP contribution in [0.1, 0.15) is 12.8 Å². The van der Waals surface area contributed by atoms with Crippen molar-refractivity contribution in [2.24, 2.45) is 17.8 Å². The first-order chi connectivity index (χ1) is 11.3. The summed E-state index contributed by atoms with van der Waals surface area (Å²) >= 11 is 0. The van der Waals surface area contributed by atoms with Crippen LogP contribution < -0.4 is 5.32 Å². The van der Waals surface area contributed by atoms with Crippen molar-refractivity contribution < 1.29 is 9.90 Å². The number of nitrogens with zero attached hydrogens (tertiary/aromatic N) is 1. The number of carbonyl (C=O) groups excluding carboxylic acids is 1. The van der Waals surface area contributed by atoms with Gasteiger partial charge in [0.25, 0.3) is 0 Å². The number of likely N-dealkylation sites (tertiary alicyclic amines) is 1. The Hall–Kier alpha value is -1.65. The van der Waals surface area contributed by atoms with E-state index in [-0.39, 0.29) is 18.6 Å². The van der Waals surface area contributed by atoms with E-state index < -0.39 is 0 Å². The van der Waals surface area contributed by atoms with Gasteiger partial charge in [0.1, 0.15) is 0 Å². The van der Waals surface area contributed by atoms with Gasteiger partial charge in [-0.2, -0.15) is 0 Å². The van der Waals surface area contributed by atoms with E-state index in [1.165, 1.54) is 0 Å². The highest BCUT2D eigenvalue weighted by atomic mass is 16.3. The molecule has 3 rings (SSSR count). The van der Waals surface area contributed by atoms with Gasteiger partial charge in [-0.1, -0.05) is 48.6 Å². The SMILES string of the molecule is O=C(CNC(C1C=CC=C1)C1C=CC=C1)N1CCC(CO)CC1. The molecular formula is C19H26N2O2. The molecule has 2 aliphatic carbocycles. The number of amides is 1. The zero-order valence-electron chi connectivity index (χ0n) is 13.5. The summed E-state index contributed by atoms with van der Waals surface area (Å²) in [6.07, 6.45) is 18.9. The monoisotopic (exact) mass is 314 g/mol. The first kappa shape index (κ1) is 16.2. The van der Waals surface area contributed by atoms with Gasteiger partial charge in [0.05, 0.1) is 6.54 Å². The fourth-order valence-corrected chi connectivity index (χ4v) is 3.59. The Morgan fingerprint density at radius 3 is 2.04 bits per heavy atom. The molecule has 2 N–H and O–H groups in total. The summed E-state index contributed by atoms with van der Waals surface area (Å²) in [7, 11) is 0. The number of rotatable bonds is 6. The van der Waals surface area contributed by atoms with Crippen molar-refractivity contribution in [1.29, 1.82) is 0 Å². The molecule has 1 amide bonds. The summed E-state index contributed by atoms with van der Waals surface area (Å²) in [4.78, 5) is 14.4. The third-order valence-electron chi connectivity index (χ3n) is 5.10. The Balaban J connectivity index is 1.53. The number of aliphatic hydroxyl groups is 1. The predicted molar refractivity (Wildman–Crippen MR) is 91.7 cm³/mol. The lowest BCUT2D eigenvalue weighted by Gasteiger charge is -2.32. The minimum Gasteiger partial charge on any atom is -0.396 e. The van der Waals surface area contributed by atoms with Crippen molar-refractivity contribution in [1.82, 2.24) is 10.2 Å². The lowest BCUT2D eigenvalue weighted by atomic mass is 9.89. The van der Waals surface area contributed by atoms with Crippen LogP contribution in [-0.4, -0.2) is 48.2 Å². The molecule has 1 fully saturated rings. The van der Waals surface area contributed by atoms with Crippen LogP contribution in [0, 0.1) is 17.8 Å². The lowest BCUT2D eigenvalue weighted by molar-refractivity contribution is -0.132. The molecule has 0 radical (unpaired) electrons. The van der Waals surface area contributed by atoms with E-state index >= 15 is 0 Å². The summed E-state index contributed by atoms with van der Waals surface area (Å²) in [5.74, 6) is 1.20. The zero-order chi connectivity index (χ0) is 16.1. The second-order valence-electron chi connectivity index (χ2n) is 6.61. The fourth-order valence-electron chi connectivity index (χ4n) is 3.59. The Morgan fingerprint density at radius 1 is 1.04 bits per heavy atom. The minimum atomic E-state index is 0.170. The molecule has 0 spiro atoms. The maximum atomic E-state index is 12.5. The van der Waals surface area contributed by atoms with Crippen LogP contribution in [0.5, 0.6) is 0 Å². The van der Waals surface area contributed by atoms with Gasteiger partial charge in [-0.05, 0) is 18.8 Å². The van der Waals surface area contributed by atoms with E-state index in [9.17, 15) is 9.90 Å². The number of hydrogen-bond acceptors (Lipinski definition) is 3. The van der Waals surface area contributed by atoms with E-state index in [0.29, 0.717) is 24.3 Å². The van der Waals surface area contributed by atoms with Crippen LogP contribution in [0.2, 0.25) is 0 Å². The van der Waals surface area contributed by atoms with Crippen LogP contribution in [0.15, 0.2) is 48.6 Å². The Kier molecular flexibility index (Phi) is 5.47. The molecule has 0 unspecified atom stereocenters. The molecule has 1 aliphatic heterocycles. The molecule has 4 heteroatoms. The molecule has 124 valence electrons. The van der Waals surface area contributed by atoms with Gasteiger partial charge >= 0.3 is 0 Å². The topological polar surface area (TPSA) is 52.6 Å². The summed E-state index contributed by atoms with van der Waals surface area (Å²) < 4.78 is 0. The van der Waals surface area contributed by atoms with Crippen molar-refractivity contribution >= 4 is 5.91 Å². The summed E-state index contributed by atoms with van der Waals surface area (Å²) in [6.45, 7) is 2.15. The van der Waals surface area contributed by atoms with Gasteiger partial charge < -0.3 is 15.3 Å². The second kappa shape index (κ2) is 7.75. The highest BCUT2D eigenvalue weighted by Crippen LogP contribution is 2.24. The highest BCUT2D eigenvalue weighted by Gasteiger charge is 2.27. The molecule has 4 nitrogen and oxygen atoms in total. The molecule has 0 aromatic carbocycles. The number of nitrogens with one attached hydrogen (secondary N) is 1.